The zero-order valence-electron chi connectivity index (χ0n) is 10.8. The number of rotatable bonds is 5. The van der Waals surface area contributed by atoms with Crippen LogP contribution in [0.5, 0.6) is 5.75 Å². The quantitative estimate of drug-likeness (QED) is 0.851. The first-order valence-corrected chi connectivity index (χ1v) is 6.30. The van der Waals surface area contributed by atoms with Gasteiger partial charge in [0.2, 0.25) is 0 Å². The van der Waals surface area contributed by atoms with Crippen LogP contribution in [-0.4, -0.2) is 24.8 Å². The molecule has 1 aliphatic carbocycles. The number of hydrogen-bond donors (Lipinski definition) is 1. The van der Waals surface area contributed by atoms with Crippen molar-refractivity contribution in [3.8, 4) is 5.75 Å². The average Bonchev–Trinajstić information content (AvgIpc) is 3.13. The molecule has 0 aliphatic heterocycles. The molecule has 1 saturated carbocycles. The molecule has 0 unspecified atom stereocenters. The van der Waals surface area contributed by atoms with Gasteiger partial charge in [-0.15, -0.1) is 0 Å². The molecule has 94 valence electrons. The van der Waals surface area contributed by atoms with Crippen LogP contribution in [0.25, 0.3) is 0 Å². The van der Waals surface area contributed by atoms with Crippen molar-refractivity contribution in [3.05, 3.63) is 23.8 Å². The number of aliphatic hydroxyl groups is 1. The van der Waals surface area contributed by atoms with E-state index in [-0.39, 0.29) is 0 Å². The molecule has 1 aromatic rings. The van der Waals surface area contributed by atoms with Crippen molar-refractivity contribution in [3.63, 3.8) is 0 Å². The Balaban J connectivity index is 2.43. The first-order chi connectivity index (χ1) is 8.19. The number of anilines is 1. The van der Waals surface area contributed by atoms with Gasteiger partial charge >= 0.3 is 0 Å². The van der Waals surface area contributed by atoms with Gasteiger partial charge in [0.05, 0.1) is 13.2 Å². The standard InChI is InChI=1S/C14H21NO2/c1-4-15(11-8-9-11)12-6-5-7-13(17-3)14(12)10(2)16/h5-7,10-11,16H,4,8-9H2,1-3H3/t10-/m1/s1. The molecular formula is C14H21NO2. The van der Waals surface area contributed by atoms with Gasteiger partial charge < -0.3 is 14.7 Å². The van der Waals surface area contributed by atoms with E-state index >= 15 is 0 Å². The number of nitrogens with zero attached hydrogens (tertiary/aromatic N) is 1. The maximum absolute atomic E-state index is 9.96. The van der Waals surface area contributed by atoms with Crippen LogP contribution in [0.3, 0.4) is 0 Å². The predicted octanol–water partition coefficient (Wildman–Crippen LogP) is 2.74. The van der Waals surface area contributed by atoms with Gasteiger partial charge in [-0.1, -0.05) is 6.07 Å². The summed E-state index contributed by atoms with van der Waals surface area (Å²) in [5.41, 5.74) is 2.02. The summed E-state index contributed by atoms with van der Waals surface area (Å²) in [5.74, 6) is 0.775. The number of aliphatic hydroxyl groups excluding tert-OH is 1. The third kappa shape index (κ3) is 2.39. The van der Waals surface area contributed by atoms with Gasteiger partial charge in [0.1, 0.15) is 5.75 Å². The Morgan fingerprint density at radius 3 is 2.65 bits per heavy atom. The third-order valence-corrected chi connectivity index (χ3v) is 3.32. The molecule has 0 saturated heterocycles. The van der Waals surface area contributed by atoms with Crippen molar-refractivity contribution in [2.24, 2.45) is 0 Å². The minimum absolute atomic E-state index is 0.506. The summed E-state index contributed by atoms with van der Waals surface area (Å²) in [7, 11) is 1.65. The monoisotopic (exact) mass is 235 g/mol. The zero-order valence-corrected chi connectivity index (χ0v) is 10.8. The molecule has 3 heteroatoms. The van der Waals surface area contributed by atoms with Crippen LogP contribution in [0.4, 0.5) is 5.69 Å². The second-order valence-electron chi connectivity index (χ2n) is 4.59. The highest BCUT2D eigenvalue weighted by Gasteiger charge is 2.30. The molecule has 3 nitrogen and oxygen atoms in total. The summed E-state index contributed by atoms with van der Waals surface area (Å²) >= 11 is 0. The molecule has 0 radical (unpaired) electrons. The number of hydrogen-bond acceptors (Lipinski definition) is 3. The van der Waals surface area contributed by atoms with E-state index in [4.69, 9.17) is 4.74 Å². The molecule has 0 amide bonds. The van der Waals surface area contributed by atoms with Crippen LogP contribution < -0.4 is 9.64 Å². The predicted molar refractivity (Wildman–Crippen MR) is 69.7 cm³/mol. The van der Waals surface area contributed by atoms with Crippen LogP contribution in [0.15, 0.2) is 18.2 Å². The van der Waals surface area contributed by atoms with Gasteiger partial charge in [-0.25, -0.2) is 0 Å². The summed E-state index contributed by atoms with van der Waals surface area (Å²) in [6.45, 7) is 4.92. The second-order valence-corrected chi connectivity index (χ2v) is 4.59. The topological polar surface area (TPSA) is 32.7 Å². The molecule has 1 N–H and O–H groups in total. The summed E-state index contributed by atoms with van der Waals surface area (Å²) in [5, 5.41) is 9.96. The van der Waals surface area contributed by atoms with Crippen LogP contribution in [0.2, 0.25) is 0 Å². The molecule has 1 fully saturated rings. The van der Waals surface area contributed by atoms with E-state index in [2.05, 4.69) is 17.9 Å². The second kappa shape index (κ2) is 4.96. The van der Waals surface area contributed by atoms with Crippen molar-refractivity contribution in [1.82, 2.24) is 0 Å². The fourth-order valence-electron chi connectivity index (χ4n) is 2.39. The minimum atomic E-state index is -0.506. The van der Waals surface area contributed by atoms with Crippen LogP contribution in [-0.2, 0) is 0 Å². The maximum Gasteiger partial charge on any atom is 0.126 e. The van der Waals surface area contributed by atoms with Gasteiger partial charge in [0.25, 0.3) is 0 Å². The minimum Gasteiger partial charge on any atom is -0.496 e. The summed E-state index contributed by atoms with van der Waals surface area (Å²) in [6, 6.07) is 6.62. The summed E-state index contributed by atoms with van der Waals surface area (Å²) < 4.78 is 5.36. The lowest BCUT2D eigenvalue weighted by molar-refractivity contribution is 0.194. The van der Waals surface area contributed by atoms with Gasteiger partial charge in [-0.2, -0.15) is 0 Å². The zero-order chi connectivity index (χ0) is 12.4. The largest absolute Gasteiger partial charge is 0.496 e. The molecule has 0 bridgehead atoms. The van der Waals surface area contributed by atoms with Crippen molar-refractivity contribution in [1.29, 1.82) is 0 Å². The SMILES string of the molecule is CCN(c1cccc(OC)c1[C@@H](C)O)C1CC1. The lowest BCUT2D eigenvalue weighted by atomic mass is 10.1. The van der Waals surface area contributed by atoms with Gasteiger partial charge in [0, 0.05) is 23.8 Å². The molecule has 2 rings (SSSR count). The first kappa shape index (κ1) is 12.2. The van der Waals surface area contributed by atoms with E-state index in [1.54, 1.807) is 14.0 Å². The normalized spacial score (nSPS) is 16.7. The van der Waals surface area contributed by atoms with E-state index in [0.29, 0.717) is 6.04 Å². The molecular weight excluding hydrogens is 214 g/mol. The lowest BCUT2D eigenvalue weighted by Gasteiger charge is -2.27. The summed E-state index contributed by atoms with van der Waals surface area (Å²) in [6.07, 6.45) is 2.00. The molecule has 0 aromatic heterocycles. The molecule has 1 aliphatic rings. The Labute approximate surface area is 103 Å². The van der Waals surface area contributed by atoms with E-state index in [1.165, 1.54) is 12.8 Å². The molecule has 17 heavy (non-hydrogen) atoms. The Morgan fingerprint density at radius 2 is 2.18 bits per heavy atom. The Morgan fingerprint density at radius 1 is 1.47 bits per heavy atom. The van der Waals surface area contributed by atoms with Crippen molar-refractivity contribution >= 4 is 5.69 Å². The highest BCUT2D eigenvalue weighted by molar-refractivity contribution is 5.61. The Kier molecular flexibility index (Phi) is 3.57. The molecule has 0 spiro atoms. The molecule has 1 aromatic carbocycles. The first-order valence-electron chi connectivity index (χ1n) is 6.30. The number of ether oxygens (including phenoxy) is 1. The summed E-state index contributed by atoms with van der Waals surface area (Å²) in [4.78, 5) is 2.37. The molecule has 0 heterocycles. The fraction of sp³-hybridized carbons (Fsp3) is 0.571. The lowest BCUT2D eigenvalue weighted by Crippen LogP contribution is -2.26. The highest BCUT2D eigenvalue weighted by Crippen LogP contribution is 2.39. The van der Waals surface area contributed by atoms with Gasteiger partial charge in [0.15, 0.2) is 0 Å². The van der Waals surface area contributed by atoms with E-state index in [0.717, 1.165) is 23.5 Å². The fourth-order valence-corrected chi connectivity index (χ4v) is 2.39. The third-order valence-electron chi connectivity index (χ3n) is 3.32. The number of methoxy groups -OCH3 is 1. The van der Waals surface area contributed by atoms with E-state index < -0.39 is 6.10 Å². The molecule has 1 atom stereocenters. The Bertz CT molecular complexity index is 386. The van der Waals surface area contributed by atoms with Gasteiger partial charge in [-0.3, -0.25) is 0 Å². The Hall–Kier alpha value is -1.22. The maximum atomic E-state index is 9.96. The van der Waals surface area contributed by atoms with Crippen LogP contribution in [0, 0.1) is 0 Å². The average molecular weight is 235 g/mol. The smallest absolute Gasteiger partial charge is 0.126 e. The van der Waals surface area contributed by atoms with Crippen LogP contribution in [0.1, 0.15) is 38.4 Å². The highest BCUT2D eigenvalue weighted by atomic mass is 16.5. The van der Waals surface area contributed by atoms with Crippen molar-refractivity contribution in [2.75, 3.05) is 18.6 Å². The van der Waals surface area contributed by atoms with E-state index in [1.807, 2.05) is 12.1 Å². The van der Waals surface area contributed by atoms with Crippen LogP contribution >= 0.6 is 0 Å². The van der Waals surface area contributed by atoms with Gasteiger partial charge in [-0.05, 0) is 38.8 Å². The van der Waals surface area contributed by atoms with E-state index in [9.17, 15) is 5.11 Å². The van der Waals surface area contributed by atoms with Crippen molar-refractivity contribution < 1.29 is 9.84 Å². The number of benzene rings is 1. The van der Waals surface area contributed by atoms with Crippen molar-refractivity contribution in [2.45, 2.75) is 38.8 Å².